The Morgan fingerprint density at radius 2 is 1.73 bits per heavy atom. The van der Waals surface area contributed by atoms with Crippen molar-refractivity contribution in [3.63, 3.8) is 0 Å². The van der Waals surface area contributed by atoms with Crippen LogP contribution in [0.1, 0.15) is 43.5 Å². The van der Waals surface area contributed by atoms with E-state index in [1.54, 1.807) is 29.2 Å². The molecule has 2 heterocycles. The standard InChI is InChI=1S/C25H35N5O7/c1-16(31)22-24(35)26-9-5-14-37-20-8-4-3-7-18(20)23(34)27-19(15-21(33)28-22)25(36)30-11-6-10-29(12-13-30)17(2)32/h3-4,7-8,16,19,22,31H,5-6,9-15H2,1-2H3,(H,26,35)(H,27,34)(H,28,33)/t16-,19+,22+/m1/s1. The number of carbonyl (C=O) groups excluding carboxylic acids is 5. The first-order valence-electron chi connectivity index (χ1n) is 12.5. The van der Waals surface area contributed by atoms with E-state index in [2.05, 4.69) is 16.0 Å². The van der Waals surface area contributed by atoms with Crippen LogP contribution in [0.2, 0.25) is 0 Å². The maximum Gasteiger partial charge on any atom is 0.255 e. The highest BCUT2D eigenvalue weighted by Gasteiger charge is 2.33. The molecule has 3 atom stereocenters. The van der Waals surface area contributed by atoms with E-state index >= 15 is 0 Å². The minimum Gasteiger partial charge on any atom is -0.493 e. The van der Waals surface area contributed by atoms with Crippen molar-refractivity contribution in [1.82, 2.24) is 25.8 Å². The van der Waals surface area contributed by atoms with Gasteiger partial charge in [-0.05, 0) is 31.9 Å². The maximum atomic E-state index is 13.5. The zero-order valence-electron chi connectivity index (χ0n) is 21.2. The van der Waals surface area contributed by atoms with Crippen LogP contribution in [-0.4, -0.2) is 102 Å². The van der Waals surface area contributed by atoms with Crippen molar-refractivity contribution in [2.75, 3.05) is 39.3 Å². The molecule has 2 aliphatic rings. The van der Waals surface area contributed by atoms with Crippen LogP contribution in [0.5, 0.6) is 5.75 Å². The molecule has 1 aromatic carbocycles. The van der Waals surface area contributed by atoms with E-state index < -0.39 is 48.2 Å². The fourth-order valence-corrected chi connectivity index (χ4v) is 4.29. The molecule has 1 saturated heterocycles. The number of amides is 5. The number of aliphatic hydroxyl groups excluding tert-OH is 1. The first-order chi connectivity index (χ1) is 17.7. The van der Waals surface area contributed by atoms with Crippen molar-refractivity contribution >= 4 is 29.5 Å². The van der Waals surface area contributed by atoms with E-state index in [-0.39, 0.29) is 31.2 Å². The molecule has 0 spiro atoms. The summed E-state index contributed by atoms with van der Waals surface area (Å²) in [7, 11) is 0. The summed E-state index contributed by atoms with van der Waals surface area (Å²) >= 11 is 0. The van der Waals surface area contributed by atoms with E-state index in [0.29, 0.717) is 38.2 Å². The average molecular weight is 518 g/mol. The molecular weight excluding hydrogens is 482 g/mol. The third-order valence-electron chi connectivity index (χ3n) is 6.34. The fraction of sp³-hybridized carbons (Fsp3) is 0.560. The van der Waals surface area contributed by atoms with Gasteiger partial charge in [-0.25, -0.2) is 0 Å². The molecule has 37 heavy (non-hydrogen) atoms. The quantitative estimate of drug-likeness (QED) is 0.393. The molecule has 1 fully saturated rings. The molecule has 0 bridgehead atoms. The van der Waals surface area contributed by atoms with Crippen molar-refractivity contribution in [2.45, 2.75) is 51.3 Å². The van der Waals surface area contributed by atoms with Crippen LogP contribution in [0.15, 0.2) is 24.3 Å². The Balaban J connectivity index is 1.87. The molecule has 0 aliphatic carbocycles. The van der Waals surface area contributed by atoms with Crippen LogP contribution in [0.3, 0.4) is 0 Å². The highest BCUT2D eigenvalue weighted by atomic mass is 16.5. The van der Waals surface area contributed by atoms with Gasteiger partial charge in [0.2, 0.25) is 23.6 Å². The number of fused-ring (bicyclic) bond motifs is 1. The van der Waals surface area contributed by atoms with Crippen LogP contribution in [-0.2, 0) is 19.2 Å². The lowest BCUT2D eigenvalue weighted by molar-refractivity contribution is -0.137. The van der Waals surface area contributed by atoms with Gasteiger partial charge in [0.1, 0.15) is 17.8 Å². The van der Waals surface area contributed by atoms with Gasteiger partial charge in [0.05, 0.1) is 24.7 Å². The van der Waals surface area contributed by atoms with Gasteiger partial charge in [0.25, 0.3) is 5.91 Å². The topological polar surface area (TPSA) is 157 Å². The Bertz CT molecular complexity index is 1010. The lowest BCUT2D eigenvalue weighted by Crippen LogP contribution is -2.55. The van der Waals surface area contributed by atoms with Crippen LogP contribution in [0.25, 0.3) is 0 Å². The molecule has 0 unspecified atom stereocenters. The molecule has 5 amide bonds. The average Bonchev–Trinajstić information content (AvgIpc) is 3.12. The third kappa shape index (κ3) is 7.66. The number of aliphatic hydroxyl groups is 1. The zero-order valence-corrected chi connectivity index (χ0v) is 21.2. The minimum absolute atomic E-state index is 0.0880. The lowest BCUT2D eigenvalue weighted by atomic mass is 10.1. The highest BCUT2D eigenvalue weighted by molar-refractivity contribution is 6.01. The smallest absolute Gasteiger partial charge is 0.255 e. The molecule has 4 N–H and O–H groups in total. The summed E-state index contributed by atoms with van der Waals surface area (Å²) < 4.78 is 5.75. The van der Waals surface area contributed by atoms with E-state index in [4.69, 9.17) is 4.74 Å². The zero-order chi connectivity index (χ0) is 26.9. The number of carbonyl (C=O) groups is 5. The van der Waals surface area contributed by atoms with Gasteiger partial charge in [-0.15, -0.1) is 0 Å². The Morgan fingerprint density at radius 1 is 1.03 bits per heavy atom. The van der Waals surface area contributed by atoms with Gasteiger partial charge < -0.3 is 35.6 Å². The predicted molar refractivity (Wildman–Crippen MR) is 132 cm³/mol. The largest absolute Gasteiger partial charge is 0.493 e. The SMILES string of the molecule is CC(=O)N1CCCN(C(=O)[C@@H]2CC(=O)N[C@@H]([C@@H](C)O)C(=O)NCCCOc3ccccc3C(=O)N2)CC1. The van der Waals surface area contributed by atoms with Crippen molar-refractivity contribution in [2.24, 2.45) is 0 Å². The molecule has 12 nitrogen and oxygen atoms in total. The summed E-state index contributed by atoms with van der Waals surface area (Å²) in [6.45, 7) is 4.75. The van der Waals surface area contributed by atoms with Crippen LogP contribution >= 0.6 is 0 Å². The molecule has 0 saturated carbocycles. The highest BCUT2D eigenvalue weighted by Crippen LogP contribution is 2.19. The second kappa shape index (κ2) is 13.0. The summed E-state index contributed by atoms with van der Waals surface area (Å²) in [5.41, 5.74) is 0.208. The van der Waals surface area contributed by atoms with Crippen molar-refractivity contribution < 1.29 is 33.8 Å². The maximum absolute atomic E-state index is 13.5. The van der Waals surface area contributed by atoms with Crippen LogP contribution in [0.4, 0.5) is 0 Å². The monoisotopic (exact) mass is 517 g/mol. The Kier molecular flexibility index (Phi) is 9.84. The minimum atomic E-state index is -1.24. The first kappa shape index (κ1) is 27.9. The molecule has 202 valence electrons. The fourth-order valence-electron chi connectivity index (χ4n) is 4.29. The summed E-state index contributed by atoms with van der Waals surface area (Å²) in [6, 6.07) is 4.09. The van der Waals surface area contributed by atoms with Gasteiger partial charge in [-0.3, -0.25) is 24.0 Å². The first-order valence-corrected chi connectivity index (χ1v) is 12.5. The predicted octanol–water partition coefficient (Wildman–Crippen LogP) is -0.980. The second-order valence-corrected chi connectivity index (χ2v) is 9.19. The molecule has 0 aromatic heterocycles. The molecular formula is C25H35N5O7. The Labute approximate surface area is 215 Å². The van der Waals surface area contributed by atoms with Crippen LogP contribution < -0.4 is 20.7 Å². The van der Waals surface area contributed by atoms with E-state index in [1.165, 1.54) is 18.7 Å². The van der Waals surface area contributed by atoms with Gasteiger partial charge in [-0.2, -0.15) is 0 Å². The van der Waals surface area contributed by atoms with E-state index in [9.17, 15) is 29.1 Å². The summed E-state index contributed by atoms with van der Waals surface area (Å²) in [5, 5.41) is 17.9. The number of benzene rings is 1. The number of hydrogen-bond acceptors (Lipinski definition) is 7. The lowest BCUT2D eigenvalue weighted by Gasteiger charge is -2.27. The summed E-state index contributed by atoms with van der Waals surface area (Å²) in [5.74, 6) is -2.09. The second-order valence-electron chi connectivity index (χ2n) is 9.19. The molecule has 1 aromatic rings. The van der Waals surface area contributed by atoms with Gasteiger partial charge in [0, 0.05) is 39.6 Å². The van der Waals surface area contributed by atoms with Crippen molar-refractivity contribution in [3.8, 4) is 5.75 Å². The van der Waals surface area contributed by atoms with Crippen molar-refractivity contribution in [3.05, 3.63) is 29.8 Å². The van der Waals surface area contributed by atoms with Gasteiger partial charge in [0.15, 0.2) is 0 Å². The van der Waals surface area contributed by atoms with Crippen molar-refractivity contribution in [1.29, 1.82) is 0 Å². The number of hydrogen-bond donors (Lipinski definition) is 4. The third-order valence-corrected chi connectivity index (χ3v) is 6.34. The van der Waals surface area contributed by atoms with E-state index in [0.717, 1.165) is 0 Å². The Hall–Kier alpha value is -3.67. The summed E-state index contributed by atoms with van der Waals surface area (Å²) in [6.07, 6.45) is -0.655. The number of ether oxygens (including phenoxy) is 1. The number of nitrogens with one attached hydrogen (secondary N) is 3. The van der Waals surface area contributed by atoms with Gasteiger partial charge in [-0.1, -0.05) is 12.1 Å². The summed E-state index contributed by atoms with van der Waals surface area (Å²) in [4.78, 5) is 67.2. The number of rotatable bonds is 2. The number of nitrogens with zero attached hydrogens (tertiary/aromatic N) is 2. The molecule has 0 radical (unpaired) electrons. The Morgan fingerprint density at radius 3 is 2.46 bits per heavy atom. The normalized spacial score (nSPS) is 23.1. The molecule has 3 rings (SSSR count). The molecule has 12 heteroatoms. The number of para-hydroxylation sites is 1. The van der Waals surface area contributed by atoms with Crippen LogP contribution in [0, 0.1) is 0 Å². The molecule has 2 aliphatic heterocycles. The van der Waals surface area contributed by atoms with Gasteiger partial charge >= 0.3 is 0 Å². The van der Waals surface area contributed by atoms with E-state index in [1.807, 2.05) is 0 Å².